The fraction of sp³-hybridized carbons (Fsp3) is 0.588. The average molecular weight is 293 g/mol. The number of nitrogens with one attached hydrogen (secondary N) is 1. The first-order valence-corrected chi connectivity index (χ1v) is 8.08. The lowest BCUT2D eigenvalue weighted by molar-refractivity contribution is 0.558. The third kappa shape index (κ3) is 4.32. The predicted molar refractivity (Wildman–Crippen MR) is 86.9 cm³/mol. The molecule has 1 saturated carbocycles. The van der Waals surface area contributed by atoms with Gasteiger partial charge in [-0.05, 0) is 44.7 Å². The van der Waals surface area contributed by atoms with E-state index < -0.39 is 0 Å². The minimum Gasteiger partial charge on any atom is -0.306 e. The predicted octanol–water partition coefficient (Wildman–Crippen LogP) is 4.97. The first-order valence-electron chi connectivity index (χ1n) is 7.70. The second-order valence-electron chi connectivity index (χ2n) is 5.78. The molecule has 1 unspecified atom stereocenters. The molecule has 1 aromatic heterocycles. The highest BCUT2D eigenvalue weighted by Crippen LogP contribution is 2.27. The molecule has 1 heterocycles. The number of hydrogen-bond acceptors (Lipinski definition) is 2. The van der Waals surface area contributed by atoms with Crippen LogP contribution >= 0.6 is 11.6 Å². The number of unbranched alkanes of at least 4 members (excludes halogenated alkanes) is 2. The van der Waals surface area contributed by atoms with Gasteiger partial charge in [-0.15, -0.1) is 0 Å². The molecule has 1 atom stereocenters. The summed E-state index contributed by atoms with van der Waals surface area (Å²) in [6, 6.07) is 3.17. The summed E-state index contributed by atoms with van der Waals surface area (Å²) in [5.41, 5.74) is 3.37. The molecule has 1 aliphatic carbocycles. The molecule has 0 aliphatic heterocycles. The van der Waals surface area contributed by atoms with E-state index in [9.17, 15) is 0 Å². The molecule has 0 spiro atoms. The Kier molecular flexibility index (Phi) is 5.62. The van der Waals surface area contributed by atoms with Crippen molar-refractivity contribution in [1.29, 1.82) is 0 Å². The molecule has 20 heavy (non-hydrogen) atoms. The summed E-state index contributed by atoms with van der Waals surface area (Å²) in [7, 11) is 0. The van der Waals surface area contributed by atoms with Crippen molar-refractivity contribution >= 4 is 16.6 Å². The van der Waals surface area contributed by atoms with Crippen molar-refractivity contribution in [2.45, 2.75) is 65.0 Å². The van der Waals surface area contributed by atoms with E-state index in [1.165, 1.54) is 31.2 Å². The van der Waals surface area contributed by atoms with E-state index in [1.54, 1.807) is 0 Å². The van der Waals surface area contributed by atoms with Crippen LogP contribution < -0.4 is 5.32 Å². The summed E-state index contributed by atoms with van der Waals surface area (Å²) in [4.78, 5) is 4.58. The van der Waals surface area contributed by atoms with Crippen molar-refractivity contribution in [3.63, 3.8) is 0 Å². The van der Waals surface area contributed by atoms with Gasteiger partial charge in [0.1, 0.15) is 0 Å². The molecule has 3 heteroatoms. The minimum absolute atomic E-state index is 0.318. The third-order valence-corrected chi connectivity index (χ3v) is 4.14. The van der Waals surface area contributed by atoms with Crippen LogP contribution in [0.1, 0.15) is 68.8 Å². The molecule has 1 N–H and O–H groups in total. The quantitative estimate of drug-likeness (QED) is 0.718. The van der Waals surface area contributed by atoms with Crippen molar-refractivity contribution in [3.05, 3.63) is 35.2 Å². The second kappa shape index (κ2) is 7.24. The fourth-order valence-corrected chi connectivity index (χ4v) is 2.60. The van der Waals surface area contributed by atoms with E-state index in [0.717, 1.165) is 22.7 Å². The fourth-order valence-electron chi connectivity index (χ4n) is 2.30. The number of hydrogen-bond donors (Lipinski definition) is 1. The van der Waals surface area contributed by atoms with Crippen LogP contribution in [-0.4, -0.2) is 11.0 Å². The summed E-state index contributed by atoms with van der Waals surface area (Å²) < 4.78 is 0. The topological polar surface area (TPSA) is 24.9 Å². The number of rotatable bonds is 7. The monoisotopic (exact) mass is 292 g/mol. The molecule has 0 saturated heterocycles. The van der Waals surface area contributed by atoms with E-state index in [1.807, 2.05) is 6.20 Å². The number of nitrogens with zero attached hydrogens (tertiary/aromatic N) is 1. The highest BCUT2D eigenvalue weighted by Gasteiger charge is 2.23. The molecule has 1 aliphatic rings. The molecule has 1 fully saturated rings. The smallest absolute Gasteiger partial charge is 0.0573 e. The van der Waals surface area contributed by atoms with Gasteiger partial charge < -0.3 is 5.32 Å². The zero-order chi connectivity index (χ0) is 14.5. The molecule has 0 bridgehead atoms. The number of aromatic nitrogens is 1. The Morgan fingerprint density at radius 1 is 1.55 bits per heavy atom. The van der Waals surface area contributed by atoms with Crippen molar-refractivity contribution in [3.8, 4) is 0 Å². The van der Waals surface area contributed by atoms with Crippen LogP contribution in [0.25, 0.3) is 5.03 Å². The zero-order valence-corrected chi connectivity index (χ0v) is 13.5. The Hall–Kier alpha value is -0.860. The first-order chi connectivity index (χ1) is 9.61. The Morgan fingerprint density at radius 2 is 2.30 bits per heavy atom. The molecule has 110 valence electrons. The van der Waals surface area contributed by atoms with Gasteiger partial charge in [-0.1, -0.05) is 37.4 Å². The van der Waals surface area contributed by atoms with Crippen LogP contribution in [0.4, 0.5) is 0 Å². The molecule has 2 rings (SSSR count). The first kappa shape index (κ1) is 15.5. The lowest BCUT2D eigenvalue weighted by Crippen LogP contribution is -2.21. The third-order valence-electron chi connectivity index (χ3n) is 3.78. The lowest BCUT2D eigenvalue weighted by Gasteiger charge is -2.14. The average Bonchev–Trinajstić information content (AvgIpc) is 3.22. The number of pyridine rings is 1. The summed E-state index contributed by atoms with van der Waals surface area (Å²) in [6.45, 7) is 6.48. The molecular formula is C17H25ClN2. The molecule has 0 aromatic carbocycles. The van der Waals surface area contributed by atoms with Crippen LogP contribution in [0.3, 0.4) is 0 Å². The Labute approximate surface area is 127 Å². The lowest BCUT2D eigenvalue weighted by atomic mass is 10.1. The van der Waals surface area contributed by atoms with Crippen molar-refractivity contribution in [1.82, 2.24) is 10.3 Å². The summed E-state index contributed by atoms with van der Waals surface area (Å²) in [5.74, 6) is 0. The van der Waals surface area contributed by atoms with Gasteiger partial charge in [-0.3, -0.25) is 4.98 Å². The van der Waals surface area contributed by atoms with E-state index >= 15 is 0 Å². The van der Waals surface area contributed by atoms with Crippen molar-refractivity contribution in [2.75, 3.05) is 0 Å². The molecule has 2 nitrogen and oxygen atoms in total. The Balaban J connectivity index is 2.06. The van der Waals surface area contributed by atoms with E-state index in [4.69, 9.17) is 11.6 Å². The van der Waals surface area contributed by atoms with Crippen LogP contribution in [0.2, 0.25) is 0 Å². The zero-order valence-electron chi connectivity index (χ0n) is 12.7. The van der Waals surface area contributed by atoms with Gasteiger partial charge in [-0.25, -0.2) is 0 Å². The molecule has 1 aromatic rings. The maximum absolute atomic E-state index is 6.38. The maximum atomic E-state index is 6.38. The van der Waals surface area contributed by atoms with Crippen LogP contribution in [0, 0.1) is 6.92 Å². The Bertz CT molecular complexity index is 478. The highest BCUT2D eigenvalue weighted by atomic mass is 35.5. The highest BCUT2D eigenvalue weighted by molar-refractivity contribution is 6.48. The maximum Gasteiger partial charge on any atom is 0.0573 e. The van der Waals surface area contributed by atoms with Crippen molar-refractivity contribution in [2.24, 2.45) is 0 Å². The molecular weight excluding hydrogens is 268 g/mol. The SMILES string of the molecule is CCCC/C=C(/Cl)c1cnc(C(C)NC2CC2)cc1C. The van der Waals surface area contributed by atoms with Gasteiger partial charge in [0.15, 0.2) is 0 Å². The normalized spacial score (nSPS) is 17.3. The van der Waals surface area contributed by atoms with Gasteiger partial charge >= 0.3 is 0 Å². The van der Waals surface area contributed by atoms with Crippen LogP contribution in [0.15, 0.2) is 18.3 Å². The largest absolute Gasteiger partial charge is 0.306 e. The summed E-state index contributed by atoms with van der Waals surface area (Å²) in [6.07, 6.45) is 10.0. The minimum atomic E-state index is 0.318. The number of aryl methyl sites for hydroxylation is 1. The van der Waals surface area contributed by atoms with E-state index in [0.29, 0.717) is 12.1 Å². The number of halogens is 1. The van der Waals surface area contributed by atoms with E-state index in [-0.39, 0.29) is 0 Å². The van der Waals surface area contributed by atoms with Gasteiger partial charge in [0.2, 0.25) is 0 Å². The van der Waals surface area contributed by atoms with Crippen LogP contribution in [-0.2, 0) is 0 Å². The summed E-state index contributed by atoms with van der Waals surface area (Å²) >= 11 is 6.38. The van der Waals surface area contributed by atoms with Crippen molar-refractivity contribution < 1.29 is 0 Å². The van der Waals surface area contributed by atoms with Gasteiger partial charge in [-0.2, -0.15) is 0 Å². The van der Waals surface area contributed by atoms with Gasteiger partial charge in [0, 0.05) is 28.9 Å². The van der Waals surface area contributed by atoms with E-state index in [2.05, 4.69) is 43.2 Å². The Morgan fingerprint density at radius 3 is 2.90 bits per heavy atom. The molecule has 0 radical (unpaired) electrons. The molecule has 0 amide bonds. The van der Waals surface area contributed by atoms with Crippen LogP contribution in [0.5, 0.6) is 0 Å². The van der Waals surface area contributed by atoms with Gasteiger partial charge in [0.05, 0.1) is 5.69 Å². The standard InChI is InChI=1S/C17H25ClN2/c1-4-5-6-7-16(18)15-11-19-17(10-12(15)2)13(3)20-14-8-9-14/h7,10-11,13-14,20H,4-6,8-9H2,1-3H3/b16-7+. The number of allylic oxidation sites excluding steroid dienone is 1. The second-order valence-corrected chi connectivity index (χ2v) is 6.19. The summed E-state index contributed by atoms with van der Waals surface area (Å²) in [5, 5.41) is 4.41. The van der Waals surface area contributed by atoms with Gasteiger partial charge in [0.25, 0.3) is 0 Å².